The highest BCUT2D eigenvalue weighted by molar-refractivity contribution is 6.39. The van der Waals surface area contributed by atoms with Crippen LogP contribution in [-0.4, -0.2) is 44.0 Å². The van der Waals surface area contributed by atoms with E-state index in [9.17, 15) is 9.59 Å². The van der Waals surface area contributed by atoms with Gasteiger partial charge in [0.15, 0.2) is 0 Å². The molecule has 1 fully saturated rings. The average molecular weight is 382 g/mol. The van der Waals surface area contributed by atoms with Gasteiger partial charge in [-0.1, -0.05) is 30.3 Å². The number of methoxy groups -OCH3 is 2. The van der Waals surface area contributed by atoms with Gasteiger partial charge in [0.2, 0.25) is 0 Å². The first-order valence-electron chi connectivity index (χ1n) is 9.47. The molecule has 6 heteroatoms. The maximum Gasteiger partial charge on any atom is 0.314 e. The van der Waals surface area contributed by atoms with Gasteiger partial charge in [0.1, 0.15) is 11.5 Å². The van der Waals surface area contributed by atoms with Crippen LogP contribution in [-0.2, 0) is 16.0 Å². The lowest BCUT2D eigenvalue weighted by molar-refractivity contribution is -0.144. The van der Waals surface area contributed by atoms with Crippen molar-refractivity contribution in [3.63, 3.8) is 0 Å². The molecule has 3 rings (SSSR count). The number of amides is 2. The fourth-order valence-electron chi connectivity index (χ4n) is 3.51. The van der Waals surface area contributed by atoms with Gasteiger partial charge in [-0.15, -0.1) is 0 Å². The van der Waals surface area contributed by atoms with E-state index in [-0.39, 0.29) is 0 Å². The number of benzene rings is 2. The molecule has 0 unspecified atom stereocenters. The van der Waals surface area contributed by atoms with E-state index in [2.05, 4.69) is 17.4 Å². The first kappa shape index (κ1) is 19.7. The second-order valence-electron chi connectivity index (χ2n) is 6.95. The van der Waals surface area contributed by atoms with Crippen molar-refractivity contribution in [1.29, 1.82) is 0 Å². The molecular formula is C22H26N2O4. The quantitative estimate of drug-likeness (QED) is 0.807. The van der Waals surface area contributed by atoms with Gasteiger partial charge in [-0.3, -0.25) is 9.59 Å². The molecule has 0 aromatic heterocycles. The van der Waals surface area contributed by atoms with Gasteiger partial charge in [-0.25, -0.2) is 0 Å². The molecule has 1 aliphatic heterocycles. The summed E-state index contributed by atoms with van der Waals surface area (Å²) in [6.07, 6.45) is 2.82. The summed E-state index contributed by atoms with van der Waals surface area (Å²) in [5.74, 6) is 0.445. The van der Waals surface area contributed by atoms with Crippen LogP contribution in [0, 0.1) is 5.92 Å². The highest BCUT2D eigenvalue weighted by atomic mass is 16.5. The first-order chi connectivity index (χ1) is 13.6. The molecule has 1 aliphatic rings. The van der Waals surface area contributed by atoms with E-state index in [1.165, 1.54) is 12.7 Å². The van der Waals surface area contributed by atoms with E-state index >= 15 is 0 Å². The second kappa shape index (κ2) is 9.26. The summed E-state index contributed by atoms with van der Waals surface area (Å²) >= 11 is 0. The highest BCUT2D eigenvalue weighted by Crippen LogP contribution is 2.29. The van der Waals surface area contributed by atoms with Gasteiger partial charge in [0, 0.05) is 19.2 Å². The second-order valence-corrected chi connectivity index (χ2v) is 6.95. The topological polar surface area (TPSA) is 67.9 Å². The Hall–Kier alpha value is -3.02. The molecule has 0 atom stereocenters. The van der Waals surface area contributed by atoms with Crippen molar-refractivity contribution < 1.29 is 19.1 Å². The minimum atomic E-state index is -0.648. The molecule has 0 radical (unpaired) electrons. The number of carbonyl (C=O) groups is 2. The van der Waals surface area contributed by atoms with Crippen molar-refractivity contribution in [3.8, 4) is 11.5 Å². The molecule has 6 nitrogen and oxygen atoms in total. The van der Waals surface area contributed by atoms with E-state index in [4.69, 9.17) is 9.47 Å². The number of piperidine rings is 1. The SMILES string of the molecule is COc1ccc(NC(=O)C(=O)N2CCC(Cc3ccccc3)CC2)c(OC)c1. The molecule has 2 aromatic carbocycles. The molecular weight excluding hydrogens is 356 g/mol. The summed E-state index contributed by atoms with van der Waals surface area (Å²) in [4.78, 5) is 26.6. The zero-order valence-electron chi connectivity index (χ0n) is 16.3. The molecule has 0 aliphatic carbocycles. The normalized spacial score (nSPS) is 14.4. The molecule has 0 spiro atoms. The Bertz CT molecular complexity index is 815. The monoisotopic (exact) mass is 382 g/mol. The number of anilines is 1. The van der Waals surface area contributed by atoms with Crippen molar-refractivity contribution in [2.45, 2.75) is 19.3 Å². The fraction of sp³-hybridized carbons (Fsp3) is 0.364. The summed E-state index contributed by atoms with van der Waals surface area (Å²) in [7, 11) is 3.06. The molecule has 148 valence electrons. The minimum absolute atomic E-state index is 0.445. The lowest BCUT2D eigenvalue weighted by atomic mass is 9.90. The minimum Gasteiger partial charge on any atom is -0.497 e. The summed E-state index contributed by atoms with van der Waals surface area (Å²) in [6.45, 7) is 1.20. The molecule has 0 bridgehead atoms. The van der Waals surface area contributed by atoms with Crippen molar-refractivity contribution in [1.82, 2.24) is 4.90 Å². The molecule has 0 saturated carbocycles. The number of hydrogen-bond donors (Lipinski definition) is 1. The Morgan fingerprint density at radius 1 is 1.04 bits per heavy atom. The zero-order chi connectivity index (χ0) is 19.9. The van der Waals surface area contributed by atoms with Crippen molar-refractivity contribution in [2.24, 2.45) is 5.92 Å². The Morgan fingerprint density at radius 2 is 1.75 bits per heavy atom. The van der Waals surface area contributed by atoms with Gasteiger partial charge < -0.3 is 19.7 Å². The predicted molar refractivity (Wildman–Crippen MR) is 108 cm³/mol. The van der Waals surface area contributed by atoms with Crippen molar-refractivity contribution in [2.75, 3.05) is 32.6 Å². The van der Waals surface area contributed by atoms with E-state index in [1.807, 2.05) is 18.2 Å². The third-order valence-corrected chi connectivity index (χ3v) is 5.12. The van der Waals surface area contributed by atoms with Crippen LogP contribution in [0.4, 0.5) is 5.69 Å². The van der Waals surface area contributed by atoms with Crippen LogP contribution in [0.1, 0.15) is 18.4 Å². The number of ether oxygens (including phenoxy) is 2. The fourth-order valence-corrected chi connectivity index (χ4v) is 3.51. The Balaban J connectivity index is 1.54. The Morgan fingerprint density at radius 3 is 2.39 bits per heavy atom. The van der Waals surface area contributed by atoms with Crippen LogP contribution in [0.3, 0.4) is 0 Å². The summed E-state index contributed by atoms with van der Waals surface area (Å²) in [6, 6.07) is 15.4. The summed E-state index contributed by atoms with van der Waals surface area (Å²) in [5.41, 5.74) is 1.76. The van der Waals surface area contributed by atoms with Crippen LogP contribution in [0.2, 0.25) is 0 Å². The van der Waals surface area contributed by atoms with Crippen LogP contribution in [0.15, 0.2) is 48.5 Å². The van der Waals surface area contributed by atoms with Crippen LogP contribution in [0.5, 0.6) is 11.5 Å². The molecule has 2 amide bonds. The number of nitrogens with one attached hydrogen (secondary N) is 1. The Labute approximate surface area is 165 Å². The molecule has 1 saturated heterocycles. The van der Waals surface area contributed by atoms with E-state index in [1.54, 1.807) is 30.2 Å². The standard InChI is InChI=1S/C22H26N2O4/c1-27-18-8-9-19(20(15-18)28-2)23-21(25)22(26)24-12-10-17(11-13-24)14-16-6-4-3-5-7-16/h3-9,15,17H,10-14H2,1-2H3,(H,23,25). The number of rotatable bonds is 5. The van der Waals surface area contributed by atoms with Crippen molar-refractivity contribution in [3.05, 3.63) is 54.1 Å². The van der Waals surface area contributed by atoms with Gasteiger partial charge >= 0.3 is 11.8 Å². The highest BCUT2D eigenvalue weighted by Gasteiger charge is 2.27. The van der Waals surface area contributed by atoms with Gasteiger partial charge in [-0.2, -0.15) is 0 Å². The van der Waals surface area contributed by atoms with Crippen LogP contribution >= 0.6 is 0 Å². The van der Waals surface area contributed by atoms with E-state index in [0.717, 1.165) is 19.3 Å². The van der Waals surface area contributed by atoms with Gasteiger partial charge in [0.25, 0.3) is 0 Å². The maximum absolute atomic E-state index is 12.5. The lowest BCUT2D eigenvalue weighted by Crippen LogP contribution is -2.44. The third-order valence-electron chi connectivity index (χ3n) is 5.12. The number of nitrogens with zero attached hydrogens (tertiary/aromatic N) is 1. The zero-order valence-corrected chi connectivity index (χ0v) is 16.3. The summed E-state index contributed by atoms with van der Waals surface area (Å²) < 4.78 is 10.4. The molecule has 2 aromatic rings. The average Bonchev–Trinajstić information content (AvgIpc) is 2.74. The number of carbonyl (C=O) groups excluding carboxylic acids is 2. The van der Waals surface area contributed by atoms with Crippen LogP contribution < -0.4 is 14.8 Å². The van der Waals surface area contributed by atoms with Crippen LogP contribution in [0.25, 0.3) is 0 Å². The molecule has 1 N–H and O–H groups in total. The predicted octanol–water partition coefficient (Wildman–Crippen LogP) is 3.12. The van der Waals surface area contributed by atoms with E-state index < -0.39 is 11.8 Å². The summed E-state index contributed by atoms with van der Waals surface area (Å²) in [5, 5.41) is 2.65. The smallest absolute Gasteiger partial charge is 0.314 e. The largest absolute Gasteiger partial charge is 0.497 e. The van der Waals surface area contributed by atoms with Gasteiger partial charge in [-0.05, 0) is 42.9 Å². The third kappa shape index (κ3) is 4.82. The Kier molecular flexibility index (Phi) is 6.53. The van der Waals surface area contributed by atoms with Gasteiger partial charge in [0.05, 0.1) is 19.9 Å². The van der Waals surface area contributed by atoms with Crippen molar-refractivity contribution >= 4 is 17.5 Å². The molecule has 28 heavy (non-hydrogen) atoms. The first-order valence-corrected chi connectivity index (χ1v) is 9.47. The lowest BCUT2D eigenvalue weighted by Gasteiger charge is -2.31. The molecule has 1 heterocycles. The maximum atomic E-state index is 12.5. The van der Waals surface area contributed by atoms with E-state index in [0.29, 0.717) is 36.2 Å². The number of likely N-dealkylation sites (tertiary alicyclic amines) is 1. The number of hydrogen-bond acceptors (Lipinski definition) is 4.